The van der Waals surface area contributed by atoms with Crippen LogP contribution in [0.4, 0.5) is 0 Å². The molecule has 0 aliphatic carbocycles. The van der Waals surface area contributed by atoms with Crippen LogP contribution in [0.5, 0.6) is 0 Å². The van der Waals surface area contributed by atoms with Crippen molar-refractivity contribution in [1.82, 2.24) is 4.68 Å². The first-order valence-corrected chi connectivity index (χ1v) is 13.6. The van der Waals surface area contributed by atoms with E-state index >= 15 is 0 Å². The number of nitrogens with one attached hydrogen (secondary N) is 1. The molecule has 7 rings (SSSR count). The number of hydrogen-bond acceptors (Lipinski definition) is 3. The number of rotatable bonds is 8. The highest BCUT2D eigenvalue weighted by Crippen LogP contribution is 2.42. The van der Waals surface area contributed by atoms with Gasteiger partial charge in [-0.15, -0.1) is 0 Å². The van der Waals surface area contributed by atoms with Gasteiger partial charge in [-0.1, -0.05) is 99.0 Å². The molecule has 7 aromatic rings. The van der Waals surface area contributed by atoms with E-state index < -0.39 is 0 Å². The van der Waals surface area contributed by atoms with Gasteiger partial charge in [0.05, 0.1) is 0 Å². The molecule has 4 nitrogen and oxygen atoms in total. The average Bonchev–Trinajstić information content (AvgIpc) is 3.62. The van der Waals surface area contributed by atoms with Gasteiger partial charge >= 0.3 is 0 Å². The van der Waals surface area contributed by atoms with Crippen LogP contribution in [-0.4, -0.2) is 11.2 Å². The Morgan fingerprint density at radius 2 is 1.11 bits per heavy atom. The Morgan fingerprint density at radius 3 is 1.61 bits per heavy atom. The summed E-state index contributed by atoms with van der Waals surface area (Å²) in [6, 6.07) is 33.8. The van der Waals surface area contributed by atoms with Gasteiger partial charge < -0.3 is 14.3 Å². The lowest BCUT2D eigenvalue weighted by atomic mass is 10.0. The smallest absolute Gasteiger partial charge is 0.198 e. The molecule has 4 heteroatoms. The molecule has 3 aromatic heterocycles. The number of unbranched alkanes of at least 4 members (excludes halogenated alkanes) is 3. The molecule has 4 aromatic carbocycles. The Kier molecular flexibility index (Phi) is 5.66. The van der Waals surface area contributed by atoms with Crippen molar-refractivity contribution in [2.75, 3.05) is 12.0 Å². The molecule has 0 bridgehead atoms. The monoisotopic (exact) mass is 498 g/mol. The lowest BCUT2D eigenvalue weighted by Gasteiger charge is -2.10. The van der Waals surface area contributed by atoms with E-state index in [0.717, 1.165) is 68.2 Å². The number of benzene rings is 4. The molecule has 38 heavy (non-hydrogen) atoms. The van der Waals surface area contributed by atoms with Gasteiger partial charge in [0, 0.05) is 17.3 Å². The van der Waals surface area contributed by atoms with Crippen molar-refractivity contribution in [3.8, 4) is 22.3 Å². The first kappa shape index (κ1) is 22.7. The van der Waals surface area contributed by atoms with Crippen molar-refractivity contribution >= 4 is 44.1 Å². The number of fused-ring (bicyclic) bond motifs is 7. The van der Waals surface area contributed by atoms with Gasteiger partial charge in [-0.3, -0.25) is 4.68 Å². The Labute approximate surface area is 221 Å². The first-order valence-electron chi connectivity index (χ1n) is 13.6. The summed E-state index contributed by atoms with van der Waals surface area (Å²) in [5, 5.41) is 2.17. The second-order valence-corrected chi connectivity index (χ2v) is 10.0. The number of hydrogen-bond donors (Lipinski definition) is 1. The van der Waals surface area contributed by atoms with Crippen LogP contribution in [0.2, 0.25) is 0 Å². The number of furan rings is 2. The van der Waals surface area contributed by atoms with Gasteiger partial charge in [0.25, 0.3) is 0 Å². The molecule has 3 heterocycles. The molecule has 1 N–H and O–H groups in total. The summed E-state index contributed by atoms with van der Waals surface area (Å²) < 4.78 is 15.3. The van der Waals surface area contributed by atoms with Crippen LogP contribution in [0.25, 0.3) is 66.4 Å². The standard InChI is InChI=1S/C34H30N2O2/c1-2-3-4-11-20-35-36-31-27-18-16-25(23-12-7-5-8-13-23)21-29(27)37-33(31)34-32(36)28-19-17-26(22-30(28)38-34)24-14-9-6-10-15-24/h5-10,12-19,21-22,35H,2-4,11,20H2,1H3. The second kappa shape index (κ2) is 9.46. The summed E-state index contributed by atoms with van der Waals surface area (Å²) in [7, 11) is 0. The highest BCUT2D eigenvalue weighted by Gasteiger charge is 2.24. The van der Waals surface area contributed by atoms with Gasteiger partial charge in [-0.05, 0) is 52.9 Å². The number of nitrogens with zero attached hydrogens (tertiary/aromatic N) is 1. The zero-order valence-electron chi connectivity index (χ0n) is 21.5. The molecule has 0 atom stereocenters. The molecule has 0 spiro atoms. The quantitative estimate of drug-likeness (QED) is 0.212. The van der Waals surface area contributed by atoms with Crippen LogP contribution in [0.3, 0.4) is 0 Å². The summed E-state index contributed by atoms with van der Waals surface area (Å²) in [6.45, 7) is 3.14. The fourth-order valence-electron chi connectivity index (χ4n) is 5.55. The summed E-state index contributed by atoms with van der Waals surface area (Å²) in [5.41, 5.74) is 13.7. The highest BCUT2D eigenvalue weighted by atomic mass is 16.4. The third-order valence-corrected chi connectivity index (χ3v) is 7.50. The topological polar surface area (TPSA) is 43.2 Å². The minimum atomic E-state index is 0.790. The van der Waals surface area contributed by atoms with E-state index in [1.165, 1.54) is 30.4 Å². The minimum Gasteiger partial charge on any atom is -0.450 e. The Hall–Kier alpha value is -4.44. The highest BCUT2D eigenvalue weighted by molar-refractivity contribution is 6.20. The van der Waals surface area contributed by atoms with Gasteiger partial charge in [0.1, 0.15) is 22.2 Å². The van der Waals surface area contributed by atoms with Crippen molar-refractivity contribution in [2.45, 2.75) is 32.6 Å². The summed E-state index contributed by atoms with van der Waals surface area (Å²) in [6.07, 6.45) is 4.82. The first-order chi connectivity index (χ1) is 18.8. The van der Waals surface area contributed by atoms with E-state index in [9.17, 15) is 0 Å². The van der Waals surface area contributed by atoms with Crippen LogP contribution < -0.4 is 5.43 Å². The minimum absolute atomic E-state index is 0.790. The predicted molar refractivity (Wildman–Crippen MR) is 158 cm³/mol. The predicted octanol–water partition coefficient (Wildman–Crippen LogP) is 9.74. The molecular formula is C34H30N2O2. The van der Waals surface area contributed by atoms with Crippen molar-refractivity contribution in [3.05, 3.63) is 97.1 Å². The third kappa shape index (κ3) is 3.76. The van der Waals surface area contributed by atoms with E-state index in [2.05, 4.69) is 102 Å². The van der Waals surface area contributed by atoms with Crippen molar-refractivity contribution < 1.29 is 8.83 Å². The average molecular weight is 499 g/mol. The van der Waals surface area contributed by atoms with E-state index in [4.69, 9.17) is 8.83 Å². The normalized spacial score (nSPS) is 11.8. The fraction of sp³-hybridized carbons (Fsp3) is 0.176. The molecule has 0 fully saturated rings. The van der Waals surface area contributed by atoms with E-state index in [1.807, 2.05) is 12.1 Å². The largest absolute Gasteiger partial charge is 0.450 e. The molecule has 0 unspecified atom stereocenters. The molecular weight excluding hydrogens is 468 g/mol. The van der Waals surface area contributed by atoms with Gasteiger partial charge in [0.15, 0.2) is 11.2 Å². The molecule has 0 saturated heterocycles. The lowest BCUT2D eigenvalue weighted by Crippen LogP contribution is -2.15. The number of aromatic nitrogens is 1. The van der Waals surface area contributed by atoms with Crippen LogP contribution in [0.1, 0.15) is 32.6 Å². The lowest BCUT2D eigenvalue weighted by molar-refractivity contribution is 0.634. The van der Waals surface area contributed by atoms with E-state index in [-0.39, 0.29) is 0 Å². The van der Waals surface area contributed by atoms with Crippen LogP contribution in [-0.2, 0) is 0 Å². The van der Waals surface area contributed by atoms with E-state index in [1.54, 1.807) is 0 Å². The van der Waals surface area contributed by atoms with E-state index in [0.29, 0.717) is 0 Å². The van der Waals surface area contributed by atoms with Crippen LogP contribution >= 0.6 is 0 Å². The Bertz CT molecular complexity index is 1740. The summed E-state index contributed by atoms with van der Waals surface area (Å²) >= 11 is 0. The van der Waals surface area contributed by atoms with Crippen molar-refractivity contribution in [2.24, 2.45) is 0 Å². The second-order valence-electron chi connectivity index (χ2n) is 10.0. The maximum atomic E-state index is 6.54. The zero-order chi connectivity index (χ0) is 25.5. The molecule has 0 aliphatic rings. The van der Waals surface area contributed by atoms with Crippen molar-refractivity contribution in [1.29, 1.82) is 0 Å². The Balaban J connectivity index is 1.41. The maximum absolute atomic E-state index is 6.54. The zero-order valence-corrected chi connectivity index (χ0v) is 21.5. The fourth-order valence-corrected chi connectivity index (χ4v) is 5.55. The Morgan fingerprint density at radius 1 is 0.579 bits per heavy atom. The molecule has 0 radical (unpaired) electrons. The SMILES string of the molecule is CCCCCCNn1c2c3ccc(-c4ccccc4)cc3oc2c2oc3cc(-c4ccccc4)ccc3c21. The maximum Gasteiger partial charge on any atom is 0.198 e. The van der Waals surface area contributed by atoms with Gasteiger partial charge in [0.2, 0.25) is 0 Å². The molecule has 0 amide bonds. The van der Waals surface area contributed by atoms with Crippen LogP contribution in [0.15, 0.2) is 106 Å². The molecule has 0 saturated carbocycles. The molecule has 188 valence electrons. The molecule has 0 aliphatic heterocycles. The third-order valence-electron chi connectivity index (χ3n) is 7.50. The summed E-state index contributed by atoms with van der Waals surface area (Å²) in [4.78, 5) is 0. The van der Waals surface area contributed by atoms with Gasteiger partial charge in [-0.25, -0.2) is 0 Å². The van der Waals surface area contributed by atoms with Crippen LogP contribution in [0, 0.1) is 0 Å². The summed E-state index contributed by atoms with van der Waals surface area (Å²) in [5.74, 6) is 0. The van der Waals surface area contributed by atoms with Crippen molar-refractivity contribution in [3.63, 3.8) is 0 Å². The van der Waals surface area contributed by atoms with Gasteiger partial charge in [-0.2, -0.15) is 0 Å².